The Morgan fingerprint density at radius 2 is 2.00 bits per heavy atom. The van der Waals surface area contributed by atoms with E-state index in [2.05, 4.69) is 19.9 Å². The molecule has 20 heavy (non-hydrogen) atoms. The van der Waals surface area contributed by atoms with Gasteiger partial charge >= 0.3 is 6.29 Å². The van der Waals surface area contributed by atoms with E-state index >= 15 is 0 Å². The maximum atomic E-state index is 12.8. The smallest absolute Gasteiger partial charge is 0.395 e. The van der Waals surface area contributed by atoms with Crippen LogP contribution in [-0.2, 0) is 0 Å². The number of aryl methyl sites for hydroxylation is 1. The molecule has 1 amide bonds. The average Bonchev–Trinajstić information content (AvgIpc) is 2.90. The first kappa shape index (κ1) is 12.4. The number of hydrogen-bond acceptors (Lipinski definition) is 5. The molecule has 2 heterocycles. The van der Waals surface area contributed by atoms with Gasteiger partial charge in [-0.05, 0) is 19.1 Å². The Hall–Kier alpha value is -2.64. The van der Waals surface area contributed by atoms with Gasteiger partial charge in [0.15, 0.2) is 17.2 Å². The predicted molar refractivity (Wildman–Crippen MR) is 61.8 cm³/mol. The number of aromatic nitrogens is 1. The van der Waals surface area contributed by atoms with Gasteiger partial charge in [0.25, 0.3) is 5.91 Å². The summed E-state index contributed by atoms with van der Waals surface area (Å²) >= 11 is 0. The summed E-state index contributed by atoms with van der Waals surface area (Å²) in [7, 11) is 0. The van der Waals surface area contributed by atoms with Crippen molar-refractivity contribution < 1.29 is 27.6 Å². The fraction of sp³-hybridized carbons (Fsp3) is 0.167. The van der Waals surface area contributed by atoms with Gasteiger partial charge in [0.2, 0.25) is 0 Å². The second kappa shape index (κ2) is 4.19. The van der Waals surface area contributed by atoms with Crippen LogP contribution in [0.4, 0.5) is 14.5 Å². The van der Waals surface area contributed by atoms with E-state index in [9.17, 15) is 13.6 Å². The van der Waals surface area contributed by atoms with E-state index < -0.39 is 12.2 Å². The Bertz CT molecular complexity index is 684. The molecule has 0 fully saturated rings. The zero-order valence-corrected chi connectivity index (χ0v) is 10.1. The maximum absolute atomic E-state index is 12.8. The number of ether oxygens (including phenoxy) is 2. The van der Waals surface area contributed by atoms with Gasteiger partial charge in [-0.3, -0.25) is 4.79 Å². The van der Waals surface area contributed by atoms with Gasteiger partial charge in [-0.25, -0.2) is 0 Å². The summed E-state index contributed by atoms with van der Waals surface area (Å²) in [6.45, 7) is 1.65. The molecule has 0 radical (unpaired) electrons. The van der Waals surface area contributed by atoms with Crippen LogP contribution in [0, 0.1) is 6.92 Å². The Morgan fingerprint density at radius 3 is 2.70 bits per heavy atom. The van der Waals surface area contributed by atoms with Gasteiger partial charge in [-0.1, -0.05) is 5.16 Å². The number of nitrogens with one attached hydrogen (secondary N) is 1. The highest BCUT2D eigenvalue weighted by molar-refractivity contribution is 6.02. The minimum atomic E-state index is -3.69. The number of halogens is 2. The highest BCUT2D eigenvalue weighted by Gasteiger charge is 2.43. The first-order valence-corrected chi connectivity index (χ1v) is 5.57. The van der Waals surface area contributed by atoms with Crippen LogP contribution in [0.25, 0.3) is 0 Å². The number of carbonyl (C=O) groups excluding carboxylic acids is 1. The van der Waals surface area contributed by atoms with Crippen molar-refractivity contribution in [3.63, 3.8) is 0 Å². The highest BCUT2D eigenvalue weighted by Crippen LogP contribution is 2.42. The zero-order chi connectivity index (χ0) is 14.3. The lowest BCUT2D eigenvalue weighted by molar-refractivity contribution is -0.286. The Morgan fingerprint density at radius 1 is 1.25 bits per heavy atom. The minimum absolute atomic E-state index is 0.0884. The first-order chi connectivity index (χ1) is 9.43. The molecule has 0 saturated carbocycles. The zero-order valence-electron chi connectivity index (χ0n) is 10.1. The third kappa shape index (κ3) is 2.27. The van der Waals surface area contributed by atoms with E-state index in [1.54, 1.807) is 6.92 Å². The molecule has 1 aliphatic heterocycles. The molecule has 0 saturated heterocycles. The van der Waals surface area contributed by atoms with Crippen LogP contribution < -0.4 is 14.8 Å². The van der Waals surface area contributed by atoms with Crippen LogP contribution in [-0.4, -0.2) is 17.4 Å². The normalized spacial score (nSPS) is 15.2. The second-order valence-corrected chi connectivity index (χ2v) is 4.11. The van der Waals surface area contributed by atoms with Crippen molar-refractivity contribution in [1.82, 2.24) is 5.16 Å². The number of carbonyl (C=O) groups is 1. The minimum Gasteiger partial charge on any atom is -0.395 e. The quantitative estimate of drug-likeness (QED) is 0.916. The van der Waals surface area contributed by atoms with E-state index in [-0.39, 0.29) is 22.9 Å². The summed E-state index contributed by atoms with van der Waals surface area (Å²) in [6.07, 6.45) is -3.69. The van der Waals surface area contributed by atoms with Crippen LogP contribution in [0.3, 0.4) is 0 Å². The molecule has 0 aliphatic carbocycles. The van der Waals surface area contributed by atoms with Gasteiger partial charge < -0.3 is 19.3 Å². The highest BCUT2D eigenvalue weighted by atomic mass is 19.3. The SMILES string of the molecule is Cc1cc(C(=O)Nc2ccc3c(c2)OC(F)(F)O3)no1. The van der Waals surface area contributed by atoms with Crippen LogP contribution in [0.5, 0.6) is 11.5 Å². The maximum Gasteiger partial charge on any atom is 0.586 e. The number of alkyl halides is 2. The molecule has 3 rings (SSSR count). The predicted octanol–water partition coefficient (Wildman–Crippen LogP) is 2.56. The van der Waals surface area contributed by atoms with Crippen molar-refractivity contribution in [3.05, 3.63) is 35.7 Å². The molecule has 0 unspecified atom stereocenters. The Kier molecular flexibility index (Phi) is 2.60. The van der Waals surface area contributed by atoms with Gasteiger partial charge in [0.1, 0.15) is 5.76 Å². The van der Waals surface area contributed by atoms with Crippen LogP contribution >= 0.6 is 0 Å². The van der Waals surface area contributed by atoms with Gasteiger partial charge in [-0.15, -0.1) is 8.78 Å². The van der Waals surface area contributed by atoms with E-state index in [0.29, 0.717) is 5.76 Å². The van der Waals surface area contributed by atoms with Crippen LogP contribution in [0.15, 0.2) is 28.8 Å². The summed E-state index contributed by atoms with van der Waals surface area (Å²) in [5, 5.41) is 6.03. The molecule has 1 aromatic carbocycles. The fourth-order valence-corrected chi connectivity index (χ4v) is 1.70. The Balaban J connectivity index is 1.78. The van der Waals surface area contributed by atoms with Crippen molar-refractivity contribution in [2.45, 2.75) is 13.2 Å². The standard InChI is InChI=1S/C12H8F2N2O4/c1-6-4-8(16-20-6)11(17)15-7-2-3-9-10(5-7)19-12(13,14)18-9/h2-5H,1H3,(H,15,17). The molecule has 6 nitrogen and oxygen atoms in total. The molecule has 0 atom stereocenters. The van der Waals surface area contributed by atoms with Crippen LogP contribution in [0.1, 0.15) is 16.2 Å². The van der Waals surface area contributed by atoms with Crippen molar-refractivity contribution in [2.75, 3.05) is 5.32 Å². The molecule has 8 heteroatoms. The summed E-state index contributed by atoms with van der Waals surface area (Å²) < 4.78 is 39.0. The molecular formula is C12H8F2N2O4. The van der Waals surface area contributed by atoms with E-state index in [1.165, 1.54) is 24.3 Å². The van der Waals surface area contributed by atoms with Crippen molar-refractivity contribution in [1.29, 1.82) is 0 Å². The first-order valence-electron chi connectivity index (χ1n) is 5.57. The molecule has 104 valence electrons. The van der Waals surface area contributed by atoms with E-state index in [1.807, 2.05) is 0 Å². The molecule has 1 aromatic heterocycles. The fourth-order valence-electron chi connectivity index (χ4n) is 1.70. The van der Waals surface area contributed by atoms with E-state index in [0.717, 1.165) is 0 Å². The molecule has 1 N–H and O–H groups in total. The third-order valence-electron chi connectivity index (χ3n) is 2.52. The number of fused-ring (bicyclic) bond motifs is 1. The summed E-state index contributed by atoms with van der Waals surface area (Å²) in [5.41, 5.74) is 0.362. The monoisotopic (exact) mass is 282 g/mol. The van der Waals surface area contributed by atoms with E-state index in [4.69, 9.17) is 4.52 Å². The largest absolute Gasteiger partial charge is 0.586 e. The van der Waals surface area contributed by atoms with Gasteiger partial charge in [-0.2, -0.15) is 0 Å². The third-order valence-corrected chi connectivity index (χ3v) is 2.52. The molecule has 1 aliphatic rings. The number of amides is 1. The van der Waals surface area contributed by atoms with Crippen molar-refractivity contribution in [3.8, 4) is 11.5 Å². The van der Waals surface area contributed by atoms with Crippen LogP contribution in [0.2, 0.25) is 0 Å². The van der Waals surface area contributed by atoms with Crippen molar-refractivity contribution >= 4 is 11.6 Å². The number of anilines is 1. The second-order valence-electron chi connectivity index (χ2n) is 4.11. The van der Waals surface area contributed by atoms with Gasteiger partial charge in [0, 0.05) is 17.8 Å². The molecule has 2 aromatic rings. The molecular weight excluding hydrogens is 274 g/mol. The topological polar surface area (TPSA) is 73.6 Å². The van der Waals surface area contributed by atoms with Gasteiger partial charge in [0.05, 0.1) is 0 Å². The molecule has 0 spiro atoms. The number of rotatable bonds is 2. The molecule has 0 bridgehead atoms. The number of hydrogen-bond donors (Lipinski definition) is 1. The lowest BCUT2D eigenvalue weighted by atomic mass is 10.2. The lowest BCUT2D eigenvalue weighted by Gasteiger charge is -2.04. The summed E-state index contributed by atoms with van der Waals surface area (Å²) in [4.78, 5) is 11.8. The Labute approximate surface area is 111 Å². The average molecular weight is 282 g/mol. The summed E-state index contributed by atoms with van der Waals surface area (Å²) in [5.74, 6) is -0.276. The van der Waals surface area contributed by atoms with Crippen molar-refractivity contribution in [2.24, 2.45) is 0 Å². The number of nitrogens with zero attached hydrogens (tertiary/aromatic N) is 1. The lowest BCUT2D eigenvalue weighted by Crippen LogP contribution is -2.25. The number of benzene rings is 1. The summed E-state index contributed by atoms with van der Waals surface area (Å²) in [6, 6.07) is 5.38.